The van der Waals surface area contributed by atoms with Crippen LogP contribution in [0.4, 0.5) is 0 Å². The summed E-state index contributed by atoms with van der Waals surface area (Å²) in [5.74, 6) is 0.822. The number of ether oxygens (including phenoxy) is 1. The minimum atomic E-state index is -0.266. The number of carbonyl (C=O) groups excluding carboxylic acids is 1. The number of H-pyrrole nitrogens is 2. The Kier molecular flexibility index (Phi) is 4.12. The number of benzene rings is 1. The molecular formula is C17H18N4O2S. The molecule has 2 N–H and O–H groups in total. The van der Waals surface area contributed by atoms with Gasteiger partial charge in [0, 0.05) is 29.3 Å². The third kappa shape index (κ3) is 2.85. The number of rotatable bonds is 5. The van der Waals surface area contributed by atoms with Gasteiger partial charge in [-0.2, -0.15) is 0 Å². The van der Waals surface area contributed by atoms with Crippen LogP contribution >= 0.6 is 11.8 Å². The van der Waals surface area contributed by atoms with Crippen molar-refractivity contribution in [1.29, 1.82) is 0 Å². The largest absolute Gasteiger partial charge is 0.370 e. The molecule has 0 bridgehead atoms. The van der Waals surface area contributed by atoms with E-state index in [1.807, 2.05) is 31.2 Å². The third-order valence-electron chi connectivity index (χ3n) is 4.22. The van der Waals surface area contributed by atoms with Crippen LogP contribution in [0.25, 0.3) is 10.9 Å². The first-order chi connectivity index (χ1) is 11.7. The Bertz CT molecular complexity index is 866. The second-order valence-corrected chi connectivity index (χ2v) is 7.19. The summed E-state index contributed by atoms with van der Waals surface area (Å²) >= 11 is 1.37. The summed E-state index contributed by atoms with van der Waals surface area (Å²) in [5.41, 5.74) is 1.68. The molecule has 1 aromatic carbocycles. The number of para-hydroxylation sites is 1. The highest BCUT2D eigenvalue weighted by atomic mass is 32.2. The minimum absolute atomic E-state index is 0.00600. The lowest BCUT2D eigenvalue weighted by Crippen LogP contribution is -2.13. The Morgan fingerprint density at radius 2 is 2.29 bits per heavy atom. The van der Waals surface area contributed by atoms with E-state index >= 15 is 0 Å². The van der Waals surface area contributed by atoms with Gasteiger partial charge in [0.25, 0.3) is 0 Å². The van der Waals surface area contributed by atoms with Gasteiger partial charge in [-0.05, 0) is 25.8 Å². The fourth-order valence-electron chi connectivity index (χ4n) is 2.95. The van der Waals surface area contributed by atoms with Gasteiger partial charge in [0.1, 0.15) is 6.10 Å². The van der Waals surface area contributed by atoms with Crippen LogP contribution in [-0.4, -0.2) is 37.8 Å². The average Bonchev–Trinajstić information content (AvgIpc) is 3.33. The molecule has 3 aromatic rings. The predicted molar refractivity (Wildman–Crippen MR) is 92.3 cm³/mol. The smallest absolute Gasteiger partial charge is 0.209 e. The lowest BCUT2D eigenvalue weighted by Gasteiger charge is -2.07. The number of nitrogens with one attached hydrogen (secondary N) is 2. The molecule has 1 saturated heterocycles. The quantitative estimate of drug-likeness (QED) is 0.548. The number of aromatic amines is 2. The standard InChI is InChI=1S/C17H18N4O2S/c1-10(15(22)12-9-18-13-6-3-2-5-11(12)13)24-17-19-16(20-21-17)14-7-4-8-23-14/h2-3,5-6,9-10,14,18H,4,7-8H2,1H3,(H,19,20,21)/t10-,14-/m0/s1. The molecule has 0 aliphatic carbocycles. The summed E-state index contributed by atoms with van der Waals surface area (Å²) in [6, 6.07) is 7.81. The van der Waals surface area contributed by atoms with Crippen LogP contribution in [0.2, 0.25) is 0 Å². The number of ketones is 1. The number of thioether (sulfide) groups is 1. The number of hydrogen-bond acceptors (Lipinski definition) is 5. The van der Waals surface area contributed by atoms with Crippen LogP contribution in [0.15, 0.2) is 35.6 Å². The van der Waals surface area contributed by atoms with Crippen LogP contribution in [0.3, 0.4) is 0 Å². The fourth-order valence-corrected chi connectivity index (χ4v) is 3.75. The second kappa shape index (κ2) is 6.41. The summed E-state index contributed by atoms with van der Waals surface area (Å²) in [5, 5.41) is 8.41. The molecule has 0 radical (unpaired) electrons. The van der Waals surface area contributed by atoms with Gasteiger partial charge in [-0.15, -0.1) is 5.10 Å². The molecule has 6 nitrogen and oxygen atoms in total. The molecule has 7 heteroatoms. The van der Waals surface area contributed by atoms with E-state index in [-0.39, 0.29) is 17.1 Å². The van der Waals surface area contributed by atoms with E-state index in [9.17, 15) is 4.79 Å². The number of hydrogen-bond donors (Lipinski definition) is 2. The first kappa shape index (κ1) is 15.4. The van der Waals surface area contributed by atoms with Gasteiger partial charge >= 0.3 is 0 Å². The topological polar surface area (TPSA) is 83.7 Å². The highest BCUT2D eigenvalue weighted by Crippen LogP contribution is 2.29. The molecule has 2 atom stereocenters. The van der Waals surface area contributed by atoms with Gasteiger partial charge in [-0.1, -0.05) is 30.0 Å². The summed E-state index contributed by atoms with van der Waals surface area (Å²) in [6.45, 7) is 2.65. The highest BCUT2D eigenvalue weighted by molar-refractivity contribution is 8.00. The van der Waals surface area contributed by atoms with Gasteiger partial charge in [0.2, 0.25) is 5.16 Å². The number of nitrogens with zero attached hydrogens (tertiary/aromatic N) is 2. The van der Waals surface area contributed by atoms with Gasteiger partial charge in [-0.3, -0.25) is 9.89 Å². The molecule has 1 aliphatic rings. The Morgan fingerprint density at radius 1 is 1.42 bits per heavy atom. The van der Waals surface area contributed by atoms with Crippen molar-refractivity contribution in [3.8, 4) is 0 Å². The number of Topliss-reactive ketones (excluding diaryl/α,β-unsaturated/α-hetero) is 1. The molecule has 4 rings (SSSR count). The van der Waals surface area contributed by atoms with Crippen LogP contribution in [0.1, 0.15) is 42.1 Å². The zero-order chi connectivity index (χ0) is 16.5. The van der Waals surface area contributed by atoms with E-state index in [0.717, 1.165) is 36.2 Å². The molecule has 0 saturated carbocycles. The molecule has 124 valence electrons. The summed E-state index contributed by atoms with van der Waals surface area (Å²) in [4.78, 5) is 20.4. The highest BCUT2D eigenvalue weighted by Gasteiger charge is 2.24. The summed E-state index contributed by atoms with van der Waals surface area (Å²) < 4.78 is 5.60. The predicted octanol–water partition coefficient (Wildman–Crippen LogP) is 3.50. The average molecular weight is 342 g/mol. The van der Waals surface area contributed by atoms with Crippen LogP contribution in [0, 0.1) is 0 Å². The molecule has 1 aliphatic heterocycles. The van der Waals surface area contributed by atoms with Crippen molar-refractivity contribution < 1.29 is 9.53 Å². The van der Waals surface area contributed by atoms with Crippen molar-refractivity contribution in [2.75, 3.05) is 6.61 Å². The molecule has 2 aromatic heterocycles. The van der Waals surface area contributed by atoms with Gasteiger partial charge in [0.15, 0.2) is 11.6 Å². The molecule has 1 fully saturated rings. The van der Waals surface area contributed by atoms with Crippen LogP contribution in [-0.2, 0) is 4.74 Å². The summed E-state index contributed by atoms with van der Waals surface area (Å²) in [6.07, 6.45) is 3.79. The Hall–Kier alpha value is -2.12. The van der Waals surface area contributed by atoms with Crippen molar-refractivity contribution in [1.82, 2.24) is 20.2 Å². The maximum absolute atomic E-state index is 12.8. The maximum Gasteiger partial charge on any atom is 0.209 e. The molecular weight excluding hydrogens is 324 g/mol. The number of fused-ring (bicyclic) bond motifs is 1. The first-order valence-corrected chi connectivity index (χ1v) is 8.91. The van der Waals surface area contributed by atoms with Crippen molar-refractivity contribution in [2.24, 2.45) is 0 Å². The Labute approximate surface area is 143 Å². The minimum Gasteiger partial charge on any atom is -0.370 e. The molecule has 24 heavy (non-hydrogen) atoms. The number of aromatic nitrogens is 4. The lowest BCUT2D eigenvalue weighted by molar-refractivity contribution is 0.0995. The second-order valence-electron chi connectivity index (χ2n) is 5.88. The molecule has 0 spiro atoms. The third-order valence-corrected chi connectivity index (χ3v) is 5.18. The molecule has 3 heterocycles. The van der Waals surface area contributed by atoms with Crippen LogP contribution < -0.4 is 0 Å². The fraction of sp³-hybridized carbons (Fsp3) is 0.353. The van der Waals surface area contributed by atoms with Gasteiger partial charge in [-0.25, -0.2) is 4.98 Å². The van der Waals surface area contributed by atoms with Crippen molar-refractivity contribution in [3.63, 3.8) is 0 Å². The van der Waals surface area contributed by atoms with Gasteiger partial charge < -0.3 is 9.72 Å². The monoisotopic (exact) mass is 342 g/mol. The van der Waals surface area contributed by atoms with E-state index in [1.54, 1.807) is 6.20 Å². The van der Waals surface area contributed by atoms with E-state index in [4.69, 9.17) is 4.74 Å². The van der Waals surface area contributed by atoms with Crippen molar-refractivity contribution >= 4 is 28.4 Å². The van der Waals surface area contributed by atoms with Gasteiger partial charge in [0.05, 0.1) is 5.25 Å². The SMILES string of the molecule is C[C@H](Sc1n[nH]c([C@@H]2CCCO2)n1)C(=O)c1c[nH]c2ccccc12. The van der Waals surface area contributed by atoms with E-state index in [1.165, 1.54) is 11.8 Å². The molecule has 0 unspecified atom stereocenters. The molecule has 0 amide bonds. The Morgan fingerprint density at radius 3 is 3.12 bits per heavy atom. The lowest BCUT2D eigenvalue weighted by atomic mass is 10.1. The maximum atomic E-state index is 12.8. The van der Waals surface area contributed by atoms with E-state index in [0.29, 0.717) is 10.7 Å². The normalized spacial score (nSPS) is 19.0. The van der Waals surface area contributed by atoms with E-state index < -0.39 is 0 Å². The zero-order valence-electron chi connectivity index (χ0n) is 13.3. The Balaban J connectivity index is 1.49. The zero-order valence-corrected chi connectivity index (χ0v) is 14.1. The number of carbonyl (C=O) groups is 1. The van der Waals surface area contributed by atoms with Crippen LogP contribution in [0.5, 0.6) is 0 Å². The summed E-state index contributed by atoms with van der Waals surface area (Å²) in [7, 11) is 0. The first-order valence-electron chi connectivity index (χ1n) is 8.03. The van der Waals surface area contributed by atoms with E-state index in [2.05, 4.69) is 20.2 Å². The van der Waals surface area contributed by atoms with Crippen molar-refractivity contribution in [3.05, 3.63) is 41.9 Å². The van der Waals surface area contributed by atoms with Crippen molar-refractivity contribution in [2.45, 2.75) is 36.3 Å².